The SMILES string of the molecule is C=C(c1cc(OC)c(OC)c(OC)c1)C(C)N1CCCN2CCCC21. The number of methoxy groups -OCH3 is 3. The van der Waals surface area contributed by atoms with E-state index >= 15 is 0 Å². The summed E-state index contributed by atoms with van der Waals surface area (Å²) < 4.78 is 16.4. The van der Waals surface area contributed by atoms with Crippen molar-refractivity contribution in [3.63, 3.8) is 0 Å². The van der Waals surface area contributed by atoms with Gasteiger partial charge in [-0.3, -0.25) is 9.80 Å². The fourth-order valence-corrected chi connectivity index (χ4v) is 4.21. The van der Waals surface area contributed by atoms with E-state index in [1.807, 2.05) is 12.1 Å². The van der Waals surface area contributed by atoms with Crippen LogP contribution >= 0.6 is 0 Å². The van der Waals surface area contributed by atoms with Gasteiger partial charge >= 0.3 is 0 Å². The molecule has 5 heteroatoms. The van der Waals surface area contributed by atoms with Crippen molar-refractivity contribution >= 4 is 5.57 Å². The van der Waals surface area contributed by atoms with Gasteiger partial charge in [0.1, 0.15) is 0 Å². The Morgan fingerprint density at radius 3 is 2.28 bits per heavy atom. The minimum atomic E-state index is 0.272. The van der Waals surface area contributed by atoms with Gasteiger partial charge in [-0.2, -0.15) is 0 Å². The van der Waals surface area contributed by atoms with Gasteiger partial charge in [0.2, 0.25) is 5.75 Å². The second-order valence-corrected chi connectivity index (χ2v) is 6.87. The smallest absolute Gasteiger partial charge is 0.203 e. The second-order valence-electron chi connectivity index (χ2n) is 6.87. The molecule has 0 aliphatic carbocycles. The number of ether oxygens (including phenoxy) is 3. The molecule has 3 rings (SSSR count). The lowest BCUT2D eigenvalue weighted by atomic mass is 9.97. The molecular formula is C20H30N2O3. The van der Waals surface area contributed by atoms with Gasteiger partial charge in [-0.15, -0.1) is 0 Å². The van der Waals surface area contributed by atoms with Gasteiger partial charge in [-0.1, -0.05) is 6.58 Å². The molecule has 2 unspecified atom stereocenters. The van der Waals surface area contributed by atoms with Crippen LogP contribution in [0.3, 0.4) is 0 Å². The van der Waals surface area contributed by atoms with E-state index in [0.29, 0.717) is 23.4 Å². The molecule has 2 fully saturated rings. The molecule has 0 saturated carbocycles. The molecule has 2 aliphatic rings. The van der Waals surface area contributed by atoms with E-state index in [4.69, 9.17) is 14.2 Å². The van der Waals surface area contributed by atoms with Gasteiger partial charge in [0.15, 0.2) is 11.5 Å². The molecule has 2 saturated heterocycles. The van der Waals surface area contributed by atoms with Crippen LogP contribution in [0.25, 0.3) is 5.57 Å². The normalized spacial score (nSPS) is 22.3. The Kier molecular flexibility index (Phi) is 5.54. The van der Waals surface area contributed by atoms with Crippen molar-refractivity contribution in [2.45, 2.75) is 38.4 Å². The van der Waals surface area contributed by atoms with Crippen molar-refractivity contribution in [1.29, 1.82) is 0 Å². The van der Waals surface area contributed by atoms with Crippen LogP contribution in [-0.2, 0) is 0 Å². The Morgan fingerprint density at radius 2 is 1.68 bits per heavy atom. The summed E-state index contributed by atoms with van der Waals surface area (Å²) in [6, 6.07) is 4.27. The Balaban J connectivity index is 1.86. The highest BCUT2D eigenvalue weighted by atomic mass is 16.5. The van der Waals surface area contributed by atoms with E-state index < -0.39 is 0 Å². The maximum atomic E-state index is 5.50. The fourth-order valence-electron chi connectivity index (χ4n) is 4.21. The number of fused-ring (bicyclic) bond motifs is 1. The zero-order chi connectivity index (χ0) is 18.0. The quantitative estimate of drug-likeness (QED) is 0.790. The summed E-state index contributed by atoms with van der Waals surface area (Å²) in [4.78, 5) is 5.21. The molecule has 0 radical (unpaired) electrons. The monoisotopic (exact) mass is 346 g/mol. The standard InChI is InChI=1S/C20H30N2O3/c1-14(15(2)22-11-7-10-21-9-6-8-19(21)22)16-12-17(23-3)20(25-5)18(13-16)24-4/h12-13,15,19H,1,6-11H2,2-5H3. The summed E-state index contributed by atoms with van der Waals surface area (Å²) >= 11 is 0. The van der Waals surface area contributed by atoms with Crippen molar-refractivity contribution in [2.24, 2.45) is 0 Å². The molecule has 2 aliphatic heterocycles. The van der Waals surface area contributed by atoms with Gasteiger partial charge in [-0.25, -0.2) is 0 Å². The molecule has 1 aromatic carbocycles. The molecule has 25 heavy (non-hydrogen) atoms. The topological polar surface area (TPSA) is 34.2 Å². The van der Waals surface area contributed by atoms with E-state index in [2.05, 4.69) is 23.3 Å². The zero-order valence-corrected chi connectivity index (χ0v) is 15.9. The van der Waals surface area contributed by atoms with Crippen molar-refractivity contribution in [2.75, 3.05) is 41.0 Å². The number of benzene rings is 1. The van der Waals surface area contributed by atoms with Gasteiger partial charge in [0.25, 0.3) is 0 Å². The molecule has 0 bridgehead atoms. The lowest BCUT2D eigenvalue weighted by molar-refractivity contribution is 0.0226. The van der Waals surface area contributed by atoms with E-state index in [-0.39, 0.29) is 6.04 Å². The first-order chi connectivity index (χ1) is 12.1. The average molecular weight is 346 g/mol. The second kappa shape index (κ2) is 7.67. The summed E-state index contributed by atoms with van der Waals surface area (Å²) in [7, 11) is 4.92. The highest BCUT2D eigenvalue weighted by Gasteiger charge is 2.36. The Hall–Kier alpha value is -1.72. The van der Waals surface area contributed by atoms with Crippen molar-refractivity contribution in [3.05, 3.63) is 24.3 Å². The predicted molar refractivity (Wildman–Crippen MR) is 101 cm³/mol. The number of hydrogen-bond acceptors (Lipinski definition) is 5. The zero-order valence-electron chi connectivity index (χ0n) is 15.9. The maximum absolute atomic E-state index is 5.50. The van der Waals surface area contributed by atoms with E-state index in [9.17, 15) is 0 Å². The van der Waals surface area contributed by atoms with Gasteiger partial charge in [0.05, 0.1) is 27.5 Å². The number of nitrogens with zero attached hydrogens (tertiary/aromatic N) is 2. The first-order valence-electron chi connectivity index (χ1n) is 9.09. The molecular weight excluding hydrogens is 316 g/mol. The molecule has 1 aromatic rings. The van der Waals surface area contributed by atoms with E-state index in [1.165, 1.54) is 32.4 Å². The molecule has 5 nitrogen and oxygen atoms in total. The van der Waals surface area contributed by atoms with Crippen LogP contribution in [0.1, 0.15) is 31.7 Å². The third kappa shape index (κ3) is 3.35. The van der Waals surface area contributed by atoms with Crippen molar-refractivity contribution in [1.82, 2.24) is 9.80 Å². The highest BCUT2D eigenvalue weighted by molar-refractivity contribution is 5.72. The minimum absolute atomic E-state index is 0.272. The first-order valence-corrected chi connectivity index (χ1v) is 9.09. The predicted octanol–water partition coefficient (Wildman–Crippen LogP) is 3.24. The molecule has 0 aromatic heterocycles. The van der Waals surface area contributed by atoms with E-state index in [0.717, 1.165) is 17.7 Å². The molecule has 2 heterocycles. The van der Waals surface area contributed by atoms with Crippen molar-refractivity contribution in [3.8, 4) is 17.2 Å². The average Bonchev–Trinajstić information content (AvgIpc) is 3.14. The first kappa shape index (κ1) is 18.1. The Morgan fingerprint density at radius 1 is 1.04 bits per heavy atom. The maximum Gasteiger partial charge on any atom is 0.203 e. The Labute approximate surface area is 151 Å². The molecule has 0 N–H and O–H groups in total. The van der Waals surface area contributed by atoms with Gasteiger partial charge in [0, 0.05) is 19.1 Å². The molecule has 0 spiro atoms. The molecule has 2 atom stereocenters. The highest BCUT2D eigenvalue weighted by Crippen LogP contribution is 2.41. The van der Waals surface area contributed by atoms with E-state index in [1.54, 1.807) is 21.3 Å². The van der Waals surface area contributed by atoms with Crippen LogP contribution in [0.2, 0.25) is 0 Å². The lowest BCUT2D eigenvalue weighted by Crippen LogP contribution is -2.53. The largest absolute Gasteiger partial charge is 0.493 e. The number of hydrogen-bond donors (Lipinski definition) is 0. The summed E-state index contributed by atoms with van der Waals surface area (Å²) in [5.74, 6) is 1.96. The van der Waals surface area contributed by atoms with Crippen LogP contribution < -0.4 is 14.2 Å². The third-order valence-electron chi connectivity index (χ3n) is 5.61. The molecule has 0 amide bonds. The van der Waals surface area contributed by atoms with Gasteiger partial charge < -0.3 is 14.2 Å². The van der Waals surface area contributed by atoms with Crippen LogP contribution in [0.4, 0.5) is 0 Å². The van der Waals surface area contributed by atoms with Gasteiger partial charge in [-0.05, 0) is 56.0 Å². The fraction of sp³-hybridized carbons (Fsp3) is 0.600. The minimum Gasteiger partial charge on any atom is -0.493 e. The lowest BCUT2D eigenvalue weighted by Gasteiger charge is -2.44. The van der Waals surface area contributed by atoms with Crippen LogP contribution in [0.5, 0.6) is 17.2 Å². The summed E-state index contributed by atoms with van der Waals surface area (Å²) in [5.41, 5.74) is 2.13. The molecule has 138 valence electrons. The Bertz CT molecular complexity index is 606. The summed E-state index contributed by atoms with van der Waals surface area (Å²) in [6.45, 7) is 10.2. The van der Waals surface area contributed by atoms with Crippen LogP contribution in [-0.4, -0.2) is 63.0 Å². The van der Waals surface area contributed by atoms with Crippen molar-refractivity contribution < 1.29 is 14.2 Å². The summed E-state index contributed by atoms with van der Waals surface area (Å²) in [5, 5.41) is 0. The van der Waals surface area contributed by atoms with Crippen LogP contribution in [0, 0.1) is 0 Å². The number of rotatable bonds is 6. The summed E-state index contributed by atoms with van der Waals surface area (Å²) in [6.07, 6.45) is 4.34. The third-order valence-corrected chi connectivity index (χ3v) is 5.61. The van der Waals surface area contributed by atoms with Crippen LogP contribution in [0.15, 0.2) is 18.7 Å².